The number of carbonyl (C=O) groups is 2. The van der Waals surface area contributed by atoms with Crippen LogP contribution in [0.25, 0.3) is 0 Å². The molecule has 1 saturated carbocycles. The van der Waals surface area contributed by atoms with E-state index >= 15 is 0 Å². The summed E-state index contributed by atoms with van der Waals surface area (Å²) in [5.41, 5.74) is 0.410. The third-order valence-corrected chi connectivity index (χ3v) is 4.08. The minimum absolute atomic E-state index is 0.106. The standard InChI is InChI=1S/C16H21NO5/c1-21-16(8-5-9-16)10-13(14(18)19)17-15(20)22-11-12-6-3-2-4-7-12/h2-4,6-7,13H,5,8-11H2,1H3,(H,17,20)(H,18,19). The second kappa shape index (κ2) is 7.26. The van der Waals surface area contributed by atoms with Crippen molar-refractivity contribution in [3.05, 3.63) is 35.9 Å². The fraction of sp³-hybridized carbons (Fsp3) is 0.500. The van der Waals surface area contributed by atoms with Crippen molar-refractivity contribution in [2.24, 2.45) is 0 Å². The maximum atomic E-state index is 11.8. The maximum Gasteiger partial charge on any atom is 0.408 e. The van der Waals surface area contributed by atoms with Crippen LogP contribution >= 0.6 is 0 Å². The van der Waals surface area contributed by atoms with Gasteiger partial charge in [0.05, 0.1) is 5.60 Å². The van der Waals surface area contributed by atoms with Crippen LogP contribution in [0, 0.1) is 0 Å². The number of ether oxygens (including phenoxy) is 2. The average molecular weight is 307 g/mol. The predicted molar refractivity (Wildman–Crippen MR) is 79.4 cm³/mol. The van der Waals surface area contributed by atoms with Crippen molar-refractivity contribution in [1.29, 1.82) is 0 Å². The molecule has 0 bridgehead atoms. The lowest BCUT2D eigenvalue weighted by Crippen LogP contribution is -2.50. The number of carbonyl (C=O) groups excluding carboxylic acids is 1. The van der Waals surface area contributed by atoms with Gasteiger partial charge < -0.3 is 19.9 Å². The molecule has 0 heterocycles. The fourth-order valence-corrected chi connectivity index (χ4v) is 2.54. The van der Waals surface area contributed by atoms with Crippen LogP contribution in [0.5, 0.6) is 0 Å². The Kier molecular flexibility index (Phi) is 5.38. The first kappa shape index (κ1) is 16.3. The summed E-state index contributed by atoms with van der Waals surface area (Å²) in [7, 11) is 1.58. The molecule has 1 aliphatic carbocycles. The number of nitrogens with one attached hydrogen (secondary N) is 1. The second-order valence-corrected chi connectivity index (χ2v) is 5.54. The van der Waals surface area contributed by atoms with E-state index in [2.05, 4.69) is 5.32 Å². The number of carboxylic acid groups (broad SMARTS) is 1. The van der Waals surface area contributed by atoms with E-state index in [1.165, 1.54) is 0 Å². The van der Waals surface area contributed by atoms with Crippen LogP contribution in [0.15, 0.2) is 30.3 Å². The molecule has 1 aliphatic rings. The SMILES string of the molecule is COC1(CC(NC(=O)OCc2ccccc2)C(=O)O)CCC1. The topological polar surface area (TPSA) is 84.9 Å². The van der Waals surface area contributed by atoms with Gasteiger partial charge in [0.2, 0.25) is 0 Å². The van der Waals surface area contributed by atoms with Crippen LogP contribution in [0.1, 0.15) is 31.2 Å². The van der Waals surface area contributed by atoms with E-state index in [4.69, 9.17) is 9.47 Å². The van der Waals surface area contributed by atoms with Gasteiger partial charge in [-0.3, -0.25) is 0 Å². The highest BCUT2D eigenvalue weighted by atomic mass is 16.5. The van der Waals surface area contributed by atoms with Crippen molar-refractivity contribution in [2.75, 3.05) is 7.11 Å². The highest BCUT2D eigenvalue weighted by Gasteiger charge is 2.41. The van der Waals surface area contributed by atoms with Gasteiger partial charge in [0.25, 0.3) is 0 Å². The smallest absolute Gasteiger partial charge is 0.408 e. The summed E-state index contributed by atoms with van der Waals surface area (Å²) in [6.45, 7) is 0.106. The van der Waals surface area contributed by atoms with Gasteiger partial charge in [0, 0.05) is 13.5 Å². The van der Waals surface area contributed by atoms with Gasteiger partial charge in [-0.2, -0.15) is 0 Å². The van der Waals surface area contributed by atoms with Crippen LogP contribution in [0.2, 0.25) is 0 Å². The third kappa shape index (κ3) is 4.21. The van der Waals surface area contributed by atoms with E-state index in [-0.39, 0.29) is 13.0 Å². The van der Waals surface area contributed by atoms with Gasteiger partial charge in [0.1, 0.15) is 12.6 Å². The molecule has 1 unspecified atom stereocenters. The largest absolute Gasteiger partial charge is 0.480 e. The van der Waals surface area contributed by atoms with Crippen LogP contribution < -0.4 is 5.32 Å². The molecule has 0 saturated heterocycles. The van der Waals surface area contributed by atoms with Crippen molar-refractivity contribution in [1.82, 2.24) is 5.32 Å². The van der Waals surface area contributed by atoms with E-state index in [1.807, 2.05) is 30.3 Å². The summed E-state index contributed by atoms with van der Waals surface area (Å²) in [6.07, 6.45) is 2.15. The highest BCUT2D eigenvalue weighted by Crippen LogP contribution is 2.38. The summed E-state index contributed by atoms with van der Waals surface area (Å²) in [6, 6.07) is 8.20. The Balaban J connectivity index is 1.85. The molecule has 1 atom stereocenters. The molecule has 1 fully saturated rings. The second-order valence-electron chi connectivity index (χ2n) is 5.54. The molecule has 1 aromatic carbocycles. The average Bonchev–Trinajstić information content (AvgIpc) is 2.48. The maximum absolute atomic E-state index is 11.8. The monoisotopic (exact) mass is 307 g/mol. The zero-order valence-electron chi connectivity index (χ0n) is 12.6. The number of methoxy groups -OCH3 is 1. The molecule has 1 aromatic rings. The van der Waals surface area contributed by atoms with Gasteiger partial charge in [-0.05, 0) is 24.8 Å². The van der Waals surface area contributed by atoms with Gasteiger partial charge in [0.15, 0.2) is 0 Å². The minimum atomic E-state index is -1.08. The van der Waals surface area contributed by atoms with E-state index in [0.717, 1.165) is 24.8 Å². The summed E-state index contributed by atoms with van der Waals surface area (Å²) in [4.78, 5) is 23.1. The Morgan fingerprint density at radius 1 is 1.32 bits per heavy atom. The van der Waals surface area contributed by atoms with Gasteiger partial charge in [-0.15, -0.1) is 0 Å². The third-order valence-electron chi connectivity index (χ3n) is 4.08. The normalized spacial score (nSPS) is 17.1. The van der Waals surface area contributed by atoms with Crippen molar-refractivity contribution in [2.45, 2.75) is 43.9 Å². The Bertz CT molecular complexity index is 507. The quantitative estimate of drug-likeness (QED) is 0.807. The lowest BCUT2D eigenvalue weighted by molar-refractivity contribution is -0.144. The molecule has 2 N–H and O–H groups in total. The molecule has 0 aromatic heterocycles. The Morgan fingerprint density at radius 2 is 2.00 bits per heavy atom. The number of hydrogen-bond acceptors (Lipinski definition) is 4. The Hall–Kier alpha value is -2.08. The van der Waals surface area contributed by atoms with E-state index < -0.39 is 23.7 Å². The molecule has 6 nitrogen and oxygen atoms in total. The predicted octanol–water partition coefficient (Wildman–Crippen LogP) is 2.33. The van der Waals surface area contributed by atoms with Gasteiger partial charge >= 0.3 is 12.1 Å². The molecule has 22 heavy (non-hydrogen) atoms. The van der Waals surface area contributed by atoms with Crippen LogP contribution in [0.3, 0.4) is 0 Å². The fourth-order valence-electron chi connectivity index (χ4n) is 2.54. The summed E-state index contributed by atoms with van der Waals surface area (Å²) in [5.74, 6) is -1.08. The summed E-state index contributed by atoms with van der Waals surface area (Å²) >= 11 is 0. The number of hydrogen-bond donors (Lipinski definition) is 2. The van der Waals surface area contributed by atoms with E-state index in [9.17, 15) is 14.7 Å². The molecule has 0 radical (unpaired) electrons. The molecular weight excluding hydrogens is 286 g/mol. The Labute approximate surface area is 129 Å². The Morgan fingerprint density at radius 3 is 2.50 bits per heavy atom. The summed E-state index contributed by atoms with van der Waals surface area (Å²) < 4.78 is 10.5. The molecular formula is C16H21NO5. The number of aliphatic carboxylic acids is 1. The van der Waals surface area contributed by atoms with Crippen LogP contribution in [0.4, 0.5) is 4.79 Å². The van der Waals surface area contributed by atoms with E-state index in [0.29, 0.717) is 0 Å². The number of carboxylic acids is 1. The number of amides is 1. The van der Waals surface area contributed by atoms with Gasteiger partial charge in [-0.25, -0.2) is 9.59 Å². The molecule has 0 spiro atoms. The molecule has 2 rings (SSSR count). The van der Waals surface area contributed by atoms with Crippen LogP contribution in [-0.4, -0.2) is 35.9 Å². The van der Waals surface area contributed by atoms with Crippen molar-refractivity contribution in [3.8, 4) is 0 Å². The number of rotatable bonds is 7. The number of alkyl carbamates (subject to hydrolysis) is 1. The van der Waals surface area contributed by atoms with Gasteiger partial charge in [-0.1, -0.05) is 30.3 Å². The highest BCUT2D eigenvalue weighted by molar-refractivity contribution is 5.80. The number of benzene rings is 1. The van der Waals surface area contributed by atoms with Crippen LogP contribution in [-0.2, 0) is 20.9 Å². The van der Waals surface area contributed by atoms with E-state index in [1.54, 1.807) is 7.11 Å². The van der Waals surface area contributed by atoms with Crippen molar-refractivity contribution in [3.63, 3.8) is 0 Å². The summed E-state index contributed by atoms with van der Waals surface area (Å²) in [5, 5.41) is 11.7. The molecule has 0 aliphatic heterocycles. The first-order chi connectivity index (χ1) is 10.5. The lowest BCUT2D eigenvalue weighted by Gasteiger charge is -2.41. The molecule has 1 amide bonds. The minimum Gasteiger partial charge on any atom is -0.480 e. The molecule has 6 heteroatoms. The van der Waals surface area contributed by atoms with Crippen molar-refractivity contribution >= 4 is 12.1 Å². The zero-order valence-corrected chi connectivity index (χ0v) is 12.6. The zero-order chi connectivity index (χ0) is 16.0. The molecule has 120 valence electrons. The van der Waals surface area contributed by atoms with Crippen molar-refractivity contribution < 1.29 is 24.2 Å². The first-order valence-corrected chi connectivity index (χ1v) is 7.30. The lowest BCUT2D eigenvalue weighted by atomic mass is 9.75. The first-order valence-electron chi connectivity index (χ1n) is 7.30.